The monoisotopic (exact) mass is 767 g/mol. The van der Waals surface area contributed by atoms with Crippen molar-refractivity contribution in [2.24, 2.45) is 23.7 Å². The van der Waals surface area contributed by atoms with E-state index in [0.29, 0.717) is 34.1 Å². The number of phenols is 1. The Kier molecular flexibility index (Phi) is 8.71. The minimum Gasteiger partial charge on any atom is -0.508 e. The minimum atomic E-state index is -4.82. The summed E-state index contributed by atoms with van der Waals surface area (Å²) in [6.45, 7) is 0. The molecule has 1 saturated carbocycles. The Balaban J connectivity index is 1.31. The fraction of sp³-hybridized carbons (Fsp3) is 0.262. The van der Waals surface area contributed by atoms with Crippen molar-refractivity contribution in [1.29, 1.82) is 0 Å². The molecule has 1 aromatic heterocycles. The normalized spacial score (nSPS) is 26.1. The number of phenolic OH excluding ortho intramolecular Hbond substituents is 1. The number of amides is 2. The molecule has 1 N–H and O–H groups in total. The summed E-state index contributed by atoms with van der Waals surface area (Å²) in [5.41, 5.74) is -0.611. The number of halogens is 4. The first kappa shape index (κ1) is 36.2. The number of pyridine rings is 1. The zero-order chi connectivity index (χ0) is 39.0. The average molecular weight is 768 g/mol. The third-order valence-corrected chi connectivity index (χ3v) is 11.9. The number of hydrogen-bond acceptors (Lipinski definition) is 8. The largest absolute Gasteiger partial charge is 0.508 e. The molecule has 8 rings (SSSR count). The van der Waals surface area contributed by atoms with Crippen molar-refractivity contribution < 1.29 is 42.2 Å². The van der Waals surface area contributed by atoms with E-state index < -0.39 is 64.5 Å². The van der Waals surface area contributed by atoms with Gasteiger partial charge in [-0.2, -0.15) is 18.2 Å². The van der Waals surface area contributed by atoms with Gasteiger partial charge in [0.05, 0.1) is 29.4 Å². The summed E-state index contributed by atoms with van der Waals surface area (Å²) in [6, 6.07) is 24.1. The highest BCUT2D eigenvalue weighted by Gasteiger charge is 2.66. The van der Waals surface area contributed by atoms with Gasteiger partial charge in [-0.05, 0) is 54.2 Å². The van der Waals surface area contributed by atoms with Crippen LogP contribution in [0.15, 0.2) is 109 Å². The summed E-state index contributed by atoms with van der Waals surface area (Å²) in [4.78, 5) is 62.7. The van der Waals surface area contributed by atoms with Gasteiger partial charge in [0.2, 0.25) is 0 Å². The number of anilines is 1. The zero-order valence-corrected chi connectivity index (χ0v) is 30.2. The average Bonchev–Trinajstić information content (AvgIpc) is 3.44. The van der Waals surface area contributed by atoms with E-state index in [0.717, 1.165) is 16.1 Å². The first-order valence-electron chi connectivity index (χ1n) is 17.6. The van der Waals surface area contributed by atoms with Gasteiger partial charge in [-0.15, -0.1) is 0 Å². The van der Waals surface area contributed by atoms with Crippen LogP contribution < -0.4 is 9.75 Å². The third-order valence-electron chi connectivity index (χ3n) is 11.6. The van der Waals surface area contributed by atoms with Gasteiger partial charge in [-0.25, -0.2) is 4.98 Å². The second-order valence-corrected chi connectivity index (χ2v) is 14.6. The summed E-state index contributed by atoms with van der Waals surface area (Å²) in [5.74, 6) is -7.19. The zero-order valence-electron chi connectivity index (χ0n) is 29.5. The second-order valence-electron chi connectivity index (χ2n) is 14.2. The van der Waals surface area contributed by atoms with Crippen molar-refractivity contribution in [2.45, 2.75) is 30.4 Å². The summed E-state index contributed by atoms with van der Waals surface area (Å²) < 4.78 is 46.5. The molecule has 3 aliphatic carbocycles. The van der Waals surface area contributed by atoms with E-state index in [4.69, 9.17) is 16.3 Å². The number of allylic oxidation sites excluding steroid dienone is 4. The predicted octanol–water partition coefficient (Wildman–Crippen LogP) is 7.34. The van der Waals surface area contributed by atoms with Crippen LogP contribution >= 0.6 is 11.6 Å². The first-order valence-corrected chi connectivity index (χ1v) is 18.0. The molecular formula is C42H33ClF3N3O6. The SMILES string of the molecule is COc1ccc(C2C3=CCC4C(=O)N(N(C)c5nc(C(F)(F)F)ccc5Cl)C(=O)C4C3CC3C(=O)C(c4ccccc4)=CC(=O)C32c2ccccc2)c(O)c1. The first-order chi connectivity index (χ1) is 26.3. The second kappa shape index (κ2) is 13.2. The molecule has 280 valence electrons. The molecule has 0 bridgehead atoms. The Hall–Kier alpha value is -5.75. The van der Waals surface area contributed by atoms with Crippen LogP contribution in [-0.2, 0) is 30.8 Å². The maximum absolute atomic E-state index is 15.1. The highest BCUT2D eigenvalue weighted by molar-refractivity contribution is 6.33. The summed E-state index contributed by atoms with van der Waals surface area (Å²) in [7, 11) is 2.69. The topological polar surface area (TPSA) is 117 Å². The Morgan fingerprint density at radius 2 is 1.62 bits per heavy atom. The van der Waals surface area contributed by atoms with Crippen LogP contribution in [-0.4, -0.2) is 52.6 Å². The highest BCUT2D eigenvalue weighted by Crippen LogP contribution is 2.64. The number of fused-ring (bicyclic) bond motifs is 4. The van der Waals surface area contributed by atoms with Crippen molar-refractivity contribution in [1.82, 2.24) is 9.99 Å². The van der Waals surface area contributed by atoms with E-state index >= 15 is 9.59 Å². The van der Waals surface area contributed by atoms with Gasteiger partial charge in [0.15, 0.2) is 17.4 Å². The molecule has 0 spiro atoms. The lowest BCUT2D eigenvalue weighted by Crippen LogP contribution is -2.59. The molecule has 6 atom stereocenters. The van der Waals surface area contributed by atoms with Crippen LogP contribution in [0, 0.1) is 23.7 Å². The molecule has 6 unspecified atom stereocenters. The Labute approximate surface area is 318 Å². The number of carbonyl (C=O) groups is 4. The van der Waals surface area contributed by atoms with Gasteiger partial charge in [0, 0.05) is 36.1 Å². The molecular weight excluding hydrogens is 735 g/mol. The Bertz CT molecular complexity index is 2330. The van der Waals surface area contributed by atoms with Crippen LogP contribution in [0.4, 0.5) is 19.0 Å². The molecule has 1 aliphatic heterocycles. The number of methoxy groups -OCH3 is 1. The maximum Gasteiger partial charge on any atom is 0.433 e. The highest BCUT2D eigenvalue weighted by atomic mass is 35.5. The standard InChI is InChI=1S/C42H33ClF3N3O6/c1-48(38-31(43)17-18-33(47-38)42(44,45)46)49-39(53)27-16-15-25-29(35(27)40(49)54)20-30-37(52)28(22-9-5-3-6-10-22)21-34(51)41(30,23-11-7-4-8-12-23)36(25)26-14-13-24(55-2)19-32(26)50/h3-15,17-19,21,27,29-30,35-36,50H,16,20H2,1-2H3. The van der Waals surface area contributed by atoms with Gasteiger partial charge in [-0.3, -0.25) is 24.2 Å². The molecule has 2 amide bonds. The molecule has 4 aromatic rings. The predicted molar refractivity (Wildman–Crippen MR) is 196 cm³/mol. The van der Waals surface area contributed by atoms with Crippen LogP contribution in [0.1, 0.15) is 41.1 Å². The summed E-state index contributed by atoms with van der Waals surface area (Å²) >= 11 is 6.31. The number of rotatable bonds is 6. The Morgan fingerprint density at radius 1 is 0.927 bits per heavy atom. The van der Waals surface area contributed by atoms with Crippen LogP contribution in [0.3, 0.4) is 0 Å². The lowest BCUT2D eigenvalue weighted by Gasteiger charge is -2.55. The lowest BCUT2D eigenvalue weighted by molar-refractivity contribution is -0.141. The molecule has 4 aliphatic rings. The number of ether oxygens (including phenoxy) is 1. The molecule has 2 heterocycles. The van der Waals surface area contributed by atoms with Crippen molar-refractivity contribution in [3.05, 3.63) is 136 Å². The van der Waals surface area contributed by atoms with E-state index in [1.807, 2.05) is 6.08 Å². The quantitative estimate of drug-likeness (QED) is 0.160. The number of aromatic nitrogens is 1. The van der Waals surface area contributed by atoms with Crippen molar-refractivity contribution >= 4 is 46.4 Å². The number of imide groups is 1. The van der Waals surface area contributed by atoms with E-state index in [1.165, 1.54) is 26.3 Å². The molecule has 13 heteroatoms. The number of carbonyl (C=O) groups excluding carboxylic acids is 4. The summed E-state index contributed by atoms with van der Waals surface area (Å²) in [6.07, 6.45) is -1.58. The van der Waals surface area contributed by atoms with Gasteiger partial charge in [0.1, 0.15) is 17.2 Å². The van der Waals surface area contributed by atoms with Gasteiger partial charge in [-0.1, -0.05) is 90.0 Å². The van der Waals surface area contributed by atoms with Crippen LogP contribution in [0.2, 0.25) is 5.02 Å². The van der Waals surface area contributed by atoms with Gasteiger partial charge < -0.3 is 9.84 Å². The van der Waals surface area contributed by atoms with Crippen molar-refractivity contribution in [3.8, 4) is 11.5 Å². The lowest BCUT2D eigenvalue weighted by atomic mass is 9.44. The van der Waals surface area contributed by atoms with Gasteiger partial charge in [0.25, 0.3) is 11.8 Å². The van der Waals surface area contributed by atoms with Crippen molar-refractivity contribution in [3.63, 3.8) is 0 Å². The number of benzene rings is 3. The van der Waals surface area contributed by atoms with Crippen molar-refractivity contribution in [2.75, 3.05) is 19.2 Å². The van der Waals surface area contributed by atoms with Crippen LogP contribution in [0.5, 0.6) is 11.5 Å². The third kappa shape index (κ3) is 5.48. The smallest absolute Gasteiger partial charge is 0.433 e. The number of ketones is 2. The number of Topliss-reactive ketones (excluding diaryl/α,β-unsaturated/α-hetero) is 1. The van der Waals surface area contributed by atoms with E-state index in [2.05, 4.69) is 4.98 Å². The van der Waals surface area contributed by atoms with E-state index in [9.17, 15) is 27.9 Å². The maximum atomic E-state index is 15.1. The van der Waals surface area contributed by atoms with E-state index in [-0.39, 0.29) is 40.8 Å². The Morgan fingerprint density at radius 3 is 2.27 bits per heavy atom. The molecule has 9 nitrogen and oxygen atoms in total. The molecule has 2 fully saturated rings. The number of hydrogen-bond donors (Lipinski definition) is 1. The number of aromatic hydroxyl groups is 1. The minimum absolute atomic E-state index is 0.0107. The van der Waals surface area contributed by atoms with Gasteiger partial charge >= 0.3 is 6.18 Å². The van der Waals surface area contributed by atoms with E-state index in [1.54, 1.807) is 72.8 Å². The molecule has 3 aromatic carbocycles. The summed E-state index contributed by atoms with van der Waals surface area (Å²) in [5, 5.41) is 13.2. The number of nitrogens with zero attached hydrogens (tertiary/aromatic N) is 3. The molecule has 1 saturated heterocycles. The number of hydrazine groups is 1. The fourth-order valence-electron chi connectivity index (χ4n) is 9.30. The van der Waals surface area contributed by atoms with Crippen LogP contribution in [0.25, 0.3) is 5.57 Å². The molecule has 0 radical (unpaired) electrons. The fourth-order valence-corrected chi connectivity index (χ4v) is 9.53. The number of alkyl halides is 3. The molecule has 55 heavy (non-hydrogen) atoms.